The highest BCUT2D eigenvalue weighted by Gasteiger charge is 2.44. The van der Waals surface area contributed by atoms with Crippen molar-refractivity contribution in [2.24, 2.45) is 0 Å². The van der Waals surface area contributed by atoms with Gasteiger partial charge in [-0.15, -0.1) is 0 Å². The normalized spacial score (nSPS) is 15.0. The molecule has 0 aliphatic carbocycles. The maximum absolute atomic E-state index is 12.9. The molecule has 0 bridgehead atoms. The minimum absolute atomic E-state index is 0.0509. The second-order valence-corrected chi connectivity index (χ2v) is 13.0. The van der Waals surface area contributed by atoms with Crippen LogP contribution in [0.5, 0.6) is 5.75 Å². The van der Waals surface area contributed by atoms with Gasteiger partial charge in [-0.25, -0.2) is 4.79 Å². The zero-order chi connectivity index (χ0) is 40.7. The van der Waals surface area contributed by atoms with Crippen molar-refractivity contribution in [2.45, 2.75) is 18.9 Å². The van der Waals surface area contributed by atoms with Crippen LogP contribution in [0, 0.1) is 0 Å². The van der Waals surface area contributed by atoms with Gasteiger partial charge in [0.2, 0.25) is 17.7 Å². The highest BCUT2D eigenvalue weighted by atomic mass is 16.6. The molecule has 7 amide bonds. The number of anilines is 3. The van der Waals surface area contributed by atoms with Crippen molar-refractivity contribution in [3.63, 3.8) is 0 Å². The number of H-pyrrole nitrogens is 1. The third-order valence-corrected chi connectivity index (χ3v) is 8.87. The van der Waals surface area contributed by atoms with Crippen LogP contribution in [-0.2, 0) is 38.1 Å². The van der Waals surface area contributed by atoms with E-state index >= 15 is 0 Å². The van der Waals surface area contributed by atoms with Gasteiger partial charge in [0.25, 0.3) is 11.8 Å². The Morgan fingerprint density at radius 3 is 1.90 bits per heavy atom. The lowest BCUT2D eigenvalue weighted by atomic mass is 10.0. The Morgan fingerprint density at radius 2 is 1.22 bits per heavy atom. The summed E-state index contributed by atoms with van der Waals surface area (Å²) in [5.41, 5.74) is 3.09. The fraction of sp³-hybridized carbons (Fsp3) is 0.350. The van der Waals surface area contributed by atoms with Crippen molar-refractivity contribution < 1.29 is 57.2 Å². The summed E-state index contributed by atoms with van der Waals surface area (Å²) in [5.74, 6) is -2.22. The molecule has 6 rings (SSSR count). The number of nitrogens with one attached hydrogen (secondary N) is 5. The second kappa shape index (κ2) is 20.8. The predicted molar refractivity (Wildman–Crippen MR) is 209 cm³/mol. The number of ether oxygens (including phenoxy) is 6. The number of nitrogens with zero attached hydrogens (tertiary/aromatic N) is 1. The molecule has 1 unspecified atom stereocenters. The van der Waals surface area contributed by atoms with E-state index in [4.69, 9.17) is 28.4 Å². The number of aromatic nitrogens is 1. The van der Waals surface area contributed by atoms with E-state index in [1.54, 1.807) is 30.3 Å². The summed E-state index contributed by atoms with van der Waals surface area (Å²) in [5, 5.41) is 11.5. The topological polar surface area (TPSA) is 225 Å². The molecule has 1 aromatic heterocycles. The second-order valence-electron chi connectivity index (χ2n) is 13.0. The Balaban J connectivity index is 0.714. The van der Waals surface area contributed by atoms with Gasteiger partial charge in [0, 0.05) is 40.6 Å². The standard InChI is InChI=1S/C40H44N6O12/c47-35-10-9-34(37(49)45-35)46-38(50)31-7-6-30(24-32(31)39(46)51)58-22-21-56-18-17-54-14-13-53-15-16-55-19-20-57-25-36(48)42-27-1-3-28(4-2-27)43-40(52)44-29-5-8-33-26(23-29)11-12-41-33/h1-8,11-12,23-24,34,41H,9-10,13-22,25H2,(H,42,48)(H2,43,44,52)(H,45,47,49). The van der Waals surface area contributed by atoms with Crippen molar-refractivity contribution in [3.05, 3.63) is 84.1 Å². The lowest BCUT2D eigenvalue weighted by Gasteiger charge is -2.27. The number of rotatable bonds is 22. The van der Waals surface area contributed by atoms with Crippen molar-refractivity contribution in [3.8, 4) is 5.75 Å². The maximum atomic E-state index is 12.9. The van der Waals surface area contributed by atoms with E-state index in [1.807, 2.05) is 30.5 Å². The monoisotopic (exact) mass is 800 g/mol. The van der Waals surface area contributed by atoms with Gasteiger partial charge in [0.05, 0.1) is 70.6 Å². The number of amides is 7. The number of imide groups is 2. The van der Waals surface area contributed by atoms with Crippen LogP contribution in [0.25, 0.3) is 10.9 Å². The summed E-state index contributed by atoms with van der Waals surface area (Å²) in [6.07, 6.45) is 1.97. The number of benzene rings is 3. The molecule has 58 heavy (non-hydrogen) atoms. The molecule has 306 valence electrons. The van der Waals surface area contributed by atoms with Crippen LogP contribution < -0.4 is 26.0 Å². The summed E-state index contributed by atoms with van der Waals surface area (Å²) in [6, 6.07) is 17.3. The first-order valence-corrected chi connectivity index (χ1v) is 18.7. The molecule has 3 aromatic carbocycles. The summed E-state index contributed by atoms with van der Waals surface area (Å²) in [7, 11) is 0. The molecule has 1 atom stereocenters. The van der Waals surface area contributed by atoms with Gasteiger partial charge in [-0.1, -0.05) is 0 Å². The Kier molecular flexibility index (Phi) is 14.9. The maximum Gasteiger partial charge on any atom is 0.323 e. The van der Waals surface area contributed by atoms with Crippen LogP contribution in [0.2, 0.25) is 0 Å². The van der Waals surface area contributed by atoms with E-state index in [0.29, 0.717) is 69.1 Å². The van der Waals surface area contributed by atoms with Gasteiger partial charge >= 0.3 is 6.03 Å². The molecule has 0 saturated carbocycles. The lowest BCUT2D eigenvalue weighted by molar-refractivity contribution is -0.136. The van der Waals surface area contributed by atoms with E-state index in [9.17, 15) is 28.8 Å². The quantitative estimate of drug-likeness (QED) is 0.0571. The molecule has 4 aromatic rings. The largest absolute Gasteiger partial charge is 0.491 e. The van der Waals surface area contributed by atoms with Crippen LogP contribution in [0.15, 0.2) is 72.9 Å². The Hall–Kier alpha value is -6.18. The van der Waals surface area contributed by atoms with Crippen molar-refractivity contribution in [1.82, 2.24) is 15.2 Å². The zero-order valence-corrected chi connectivity index (χ0v) is 31.5. The molecule has 2 aliphatic rings. The van der Waals surface area contributed by atoms with E-state index in [0.717, 1.165) is 15.8 Å². The van der Waals surface area contributed by atoms with Crippen LogP contribution in [0.3, 0.4) is 0 Å². The molecule has 1 fully saturated rings. The van der Waals surface area contributed by atoms with Crippen molar-refractivity contribution in [1.29, 1.82) is 0 Å². The van der Waals surface area contributed by atoms with E-state index in [1.165, 1.54) is 12.1 Å². The summed E-state index contributed by atoms with van der Waals surface area (Å²) < 4.78 is 33.0. The summed E-state index contributed by atoms with van der Waals surface area (Å²) >= 11 is 0. The van der Waals surface area contributed by atoms with Crippen LogP contribution in [0.1, 0.15) is 33.6 Å². The lowest BCUT2D eigenvalue weighted by Crippen LogP contribution is -2.54. The van der Waals surface area contributed by atoms with Crippen molar-refractivity contribution in [2.75, 3.05) is 88.6 Å². The zero-order valence-electron chi connectivity index (χ0n) is 31.5. The first kappa shape index (κ1) is 41.5. The fourth-order valence-electron chi connectivity index (χ4n) is 6.06. The van der Waals surface area contributed by atoms with E-state index < -0.39 is 29.7 Å². The molecule has 0 radical (unpaired) electrons. The Labute approximate surface area is 332 Å². The number of aromatic amines is 1. The fourth-order valence-corrected chi connectivity index (χ4v) is 6.06. The average Bonchev–Trinajstić information content (AvgIpc) is 3.77. The molecule has 18 heteroatoms. The minimum atomic E-state index is -1.03. The summed E-state index contributed by atoms with van der Waals surface area (Å²) in [6.45, 7) is 3.00. The van der Waals surface area contributed by atoms with Crippen LogP contribution in [0.4, 0.5) is 21.9 Å². The molecule has 2 aliphatic heterocycles. The van der Waals surface area contributed by atoms with Gasteiger partial charge < -0.3 is 49.4 Å². The van der Waals surface area contributed by atoms with Crippen molar-refractivity contribution >= 4 is 63.5 Å². The average molecular weight is 801 g/mol. The number of carbonyl (C=O) groups excluding carboxylic acids is 6. The number of carbonyl (C=O) groups is 6. The van der Waals surface area contributed by atoms with Crippen LogP contribution >= 0.6 is 0 Å². The smallest absolute Gasteiger partial charge is 0.323 e. The van der Waals surface area contributed by atoms with Gasteiger partial charge in [-0.3, -0.25) is 34.2 Å². The highest BCUT2D eigenvalue weighted by molar-refractivity contribution is 6.23. The molecule has 1 saturated heterocycles. The molecular weight excluding hydrogens is 756 g/mol. The highest BCUT2D eigenvalue weighted by Crippen LogP contribution is 2.30. The molecule has 3 heterocycles. The molecular formula is C40H44N6O12. The third kappa shape index (κ3) is 11.7. The van der Waals surface area contributed by atoms with Crippen LogP contribution in [-0.4, -0.2) is 124 Å². The van der Waals surface area contributed by atoms with Gasteiger partial charge in [-0.05, 0) is 73.2 Å². The number of urea groups is 1. The van der Waals surface area contributed by atoms with Gasteiger partial charge in [0.15, 0.2) is 0 Å². The Bertz CT molecular complexity index is 2090. The SMILES string of the molecule is O=C1CCC(N2C(=O)c3ccc(OCCOCCOCCOCCOCCOCC(=O)Nc4ccc(NC(=O)Nc5ccc6[nH]ccc6c5)cc4)cc3C2=O)C(=O)N1. The molecule has 18 nitrogen and oxygen atoms in total. The van der Waals surface area contributed by atoms with Gasteiger partial charge in [-0.2, -0.15) is 0 Å². The predicted octanol–water partition coefficient (Wildman–Crippen LogP) is 3.31. The van der Waals surface area contributed by atoms with Gasteiger partial charge in [0.1, 0.15) is 25.0 Å². The minimum Gasteiger partial charge on any atom is -0.491 e. The number of piperidine rings is 1. The van der Waals surface area contributed by atoms with E-state index in [-0.39, 0.29) is 62.3 Å². The first-order valence-electron chi connectivity index (χ1n) is 18.7. The third-order valence-electron chi connectivity index (χ3n) is 8.87. The van der Waals surface area contributed by atoms with E-state index in [2.05, 4.69) is 26.3 Å². The first-order chi connectivity index (χ1) is 28.2. The number of fused-ring (bicyclic) bond motifs is 2. The molecule has 5 N–H and O–H groups in total. The number of hydrogen-bond acceptors (Lipinski definition) is 12. The Morgan fingerprint density at radius 1 is 0.638 bits per heavy atom. The summed E-state index contributed by atoms with van der Waals surface area (Å²) in [4.78, 5) is 78.1. The number of hydrogen-bond donors (Lipinski definition) is 5. The molecule has 0 spiro atoms.